The molecule has 0 atom stereocenters. The van der Waals surface area contributed by atoms with E-state index in [1.807, 2.05) is 28.9 Å². The number of aryl methyl sites for hydroxylation is 1. The molecule has 2 rings (SSSR count). The summed E-state index contributed by atoms with van der Waals surface area (Å²) in [5.74, 6) is 0.404. The zero-order valence-corrected chi connectivity index (χ0v) is 13.6. The van der Waals surface area contributed by atoms with E-state index in [1.54, 1.807) is 13.3 Å². The predicted octanol–water partition coefficient (Wildman–Crippen LogP) is 2.53. The van der Waals surface area contributed by atoms with Gasteiger partial charge in [-0.05, 0) is 51.3 Å². The SMILES string of the molecule is COc1ccc(CCc2c(C(N)=O)cnn2C(C)(C)C)cc1. The van der Waals surface area contributed by atoms with E-state index in [4.69, 9.17) is 10.5 Å². The topological polar surface area (TPSA) is 70.1 Å². The molecule has 0 aliphatic rings. The van der Waals surface area contributed by atoms with Crippen LogP contribution in [0.2, 0.25) is 0 Å². The van der Waals surface area contributed by atoms with Gasteiger partial charge in [0.2, 0.25) is 0 Å². The highest BCUT2D eigenvalue weighted by Crippen LogP contribution is 2.21. The number of carbonyl (C=O) groups is 1. The van der Waals surface area contributed by atoms with Crippen molar-refractivity contribution in [2.45, 2.75) is 39.2 Å². The number of aromatic nitrogens is 2. The number of hydrogen-bond donors (Lipinski definition) is 1. The lowest BCUT2D eigenvalue weighted by molar-refractivity contribution is 0.0999. The van der Waals surface area contributed by atoms with Gasteiger partial charge < -0.3 is 10.5 Å². The van der Waals surface area contributed by atoms with Crippen LogP contribution in [0.3, 0.4) is 0 Å². The second-order valence-corrected chi connectivity index (χ2v) is 6.30. The molecule has 1 heterocycles. The Kier molecular flexibility index (Phi) is 4.54. The minimum atomic E-state index is -0.430. The number of amides is 1. The van der Waals surface area contributed by atoms with Gasteiger partial charge in [-0.3, -0.25) is 9.48 Å². The fraction of sp³-hybridized carbons (Fsp3) is 0.412. The summed E-state index contributed by atoms with van der Waals surface area (Å²) >= 11 is 0. The lowest BCUT2D eigenvalue weighted by atomic mass is 10.0. The Bertz CT molecular complexity index is 652. The minimum Gasteiger partial charge on any atom is -0.497 e. The van der Waals surface area contributed by atoms with Crippen LogP contribution >= 0.6 is 0 Å². The van der Waals surface area contributed by atoms with Crippen molar-refractivity contribution in [3.8, 4) is 5.75 Å². The summed E-state index contributed by atoms with van der Waals surface area (Å²) in [5, 5.41) is 4.34. The normalized spacial score (nSPS) is 11.5. The summed E-state index contributed by atoms with van der Waals surface area (Å²) in [7, 11) is 1.65. The number of hydrogen-bond acceptors (Lipinski definition) is 3. The van der Waals surface area contributed by atoms with Crippen molar-refractivity contribution >= 4 is 5.91 Å². The molecular formula is C17H23N3O2. The minimum absolute atomic E-state index is 0.192. The van der Waals surface area contributed by atoms with Gasteiger partial charge in [0, 0.05) is 0 Å². The first-order valence-electron chi connectivity index (χ1n) is 7.33. The number of carbonyl (C=O) groups excluding carboxylic acids is 1. The Morgan fingerprint density at radius 2 is 1.86 bits per heavy atom. The van der Waals surface area contributed by atoms with Gasteiger partial charge in [-0.25, -0.2) is 0 Å². The average molecular weight is 301 g/mol. The highest BCUT2D eigenvalue weighted by Gasteiger charge is 2.22. The fourth-order valence-corrected chi connectivity index (χ4v) is 2.45. The Balaban J connectivity index is 2.23. The number of nitrogens with two attached hydrogens (primary N) is 1. The monoisotopic (exact) mass is 301 g/mol. The maximum absolute atomic E-state index is 11.6. The van der Waals surface area contributed by atoms with E-state index in [1.165, 1.54) is 5.56 Å². The molecule has 0 fully saturated rings. The van der Waals surface area contributed by atoms with Crippen molar-refractivity contribution in [2.24, 2.45) is 5.73 Å². The Morgan fingerprint density at radius 3 is 2.36 bits per heavy atom. The van der Waals surface area contributed by atoms with Gasteiger partial charge in [-0.15, -0.1) is 0 Å². The van der Waals surface area contributed by atoms with Crippen molar-refractivity contribution in [1.29, 1.82) is 0 Å². The van der Waals surface area contributed by atoms with Crippen LogP contribution in [0.25, 0.3) is 0 Å². The molecule has 1 aromatic carbocycles. The Labute approximate surface area is 131 Å². The molecule has 118 valence electrons. The molecule has 0 saturated heterocycles. The van der Waals surface area contributed by atoms with E-state index in [-0.39, 0.29) is 5.54 Å². The highest BCUT2D eigenvalue weighted by atomic mass is 16.5. The average Bonchev–Trinajstić information content (AvgIpc) is 2.89. The van der Waals surface area contributed by atoms with E-state index in [0.717, 1.165) is 17.9 Å². The molecule has 2 aromatic rings. The molecule has 0 saturated carbocycles. The zero-order valence-electron chi connectivity index (χ0n) is 13.6. The third-order valence-corrected chi connectivity index (χ3v) is 3.58. The molecule has 0 spiro atoms. The number of benzene rings is 1. The standard InChI is InChI=1S/C17H23N3O2/c1-17(2,3)20-15(14(11-19-20)16(18)21)10-7-12-5-8-13(22-4)9-6-12/h5-6,8-9,11H,7,10H2,1-4H3,(H2,18,21). The van der Waals surface area contributed by atoms with Gasteiger partial charge in [0.05, 0.1) is 30.1 Å². The molecule has 2 N–H and O–H groups in total. The number of methoxy groups -OCH3 is 1. The predicted molar refractivity (Wildman–Crippen MR) is 86.1 cm³/mol. The van der Waals surface area contributed by atoms with Crippen LogP contribution < -0.4 is 10.5 Å². The van der Waals surface area contributed by atoms with Crippen molar-refractivity contribution in [2.75, 3.05) is 7.11 Å². The number of rotatable bonds is 5. The summed E-state index contributed by atoms with van der Waals surface area (Å²) in [6.07, 6.45) is 3.09. The molecule has 5 nitrogen and oxygen atoms in total. The molecule has 0 bridgehead atoms. The molecule has 0 radical (unpaired) electrons. The summed E-state index contributed by atoms with van der Waals surface area (Å²) in [5.41, 5.74) is 7.84. The van der Waals surface area contributed by atoms with Crippen molar-refractivity contribution < 1.29 is 9.53 Å². The van der Waals surface area contributed by atoms with Crippen molar-refractivity contribution in [1.82, 2.24) is 9.78 Å². The number of primary amides is 1. The lowest BCUT2D eigenvalue weighted by Gasteiger charge is -2.23. The van der Waals surface area contributed by atoms with Gasteiger partial charge >= 0.3 is 0 Å². The maximum Gasteiger partial charge on any atom is 0.252 e. The number of nitrogens with zero attached hydrogens (tertiary/aromatic N) is 2. The molecule has 1 aromatic heterocycles. The van der Waals surface area contributed by atoms with E-state index in [9.17, 15) is 4.79 Å². The largest absolute Gasteiger partial charge is 0.497 e. The van der Waals surface area contributed by atoms with Crippen LogP contribution in [-0.4, -0.2) is 22.8 Å². The van der Waals surface area contributed by atoms with E-state index >= 15 is 0 Å². The van der Waals surface area contributed by atoms with Crippen molar-refractivity contribution in [3.05, 3.63) is 47.3 Å². The summed E-state index contributed by atoms with van der Waals surface area (Å²) in [6, 6.07) is 7.93. The highest BCUT2D eigenvalue weighted by molar-refractivity contribution is 5.93. The van der Waals surface area contributed by atoms with E-state index in [2.05, 4.69) is 25.9 Å². The zero-order chi connectivity index (χ0) is 16.3. The van der Waals surface area contributed by atoms with Crippen LogP contribution in [0.15, 0.2) is 30.5 Å². The van der Waals surface area contributed by atoms with E-state index < -0.39 is 5.91 Å². The summed E-state index contributed by atoms with van der Waals surface area (Å²) in [4.78, 5) is 11.6. The molecule has 0 unspecified atom stereocenters. The Hall–Kier alpha value is -2.30. The summed E-state index contributed by atoms with van der Waals surface area (Å²) in [6.45, 7) is 6.17. The smallest absolute Gasteiger partial charge is 0.252 e. The third-order valence-electron chi connectivity index (χ3n) is 3.58. The lowest BCUT2D eigenvalue weighted by Crippen LogP contribution is -2.26. The van der Waals surface area contributed by atoms with Crippen LogP contribution in [0.4, 0.5) is 0 Å². The quantitative estimate of drug-likeness (QED) is 0.922. The molecule has 0 aliphatic carbocycles. The number of ether oxygens (including phenoxy) is 1. The second-order valence-electron chi connectivity index (χ2n) is 6.30. The van der Waals surface area contributed by atoms with Crippen LogP contribution in [0.5, 0.6) is 5.75 Å². The first kappa shape index (κ1) is 16.1. The van der Waals surface area contributed by atoms with Gasteiger partial charge in [-0.2, -0.15) is 5.10 Å². The van der Waals surface area contributed by atoms with Gasteiger partial charge in [0.15, 0.2) is 0 Å². The van der Waals surface area contributed by atoms with Gasteiger partial charge in [-0.1, -0.05) is 12.1 Å². The third kappa shape index (κ3) is 3.47. The first-order valence-corrected chi connectivity index (χ1v) is 7.33. The van der Waals surface area contributed by atoms with Gasteiger partial charge in [0.1, 0.15) is 5.75 Å². The van der Waals surface area contributed by atoms with E-state index in [0.29, 0.717) is 12.0 Å². The maximum atomic E-state index is 11.6. The molecular weight excluding hydrogens is 278 g/mol. The second kappa shape index (κ2) is 6.22. The summed E-state index contributed by atoms with van der Waals surface area (Å²) < 4.78 is 7.04. The van der Waals surface area contributed by atoms with Crippen LogP contribution in [0.1, 0.15) is 42.4 Å². The first-order chi connectivity index (χ1) is 10.3. The fourth-order valence-electron chi connectivity index (χ4n) is 2.45. The van der Waals surface area contributed by atoms with Crippen LogP contribution in [0, 0.1) is 0 Å². The molecule has 22 heavy (non-hydrogen) atoms. The van der Waals surface area contributed by atoms with Crippen molar-refractivity contribution in [3.63, 3.8) is 0 Å². The van der Waals surface area contributed by atoms with Gasteiger partial charge in [0.25, 0.3) is 5.91 Å². The Morgan fingerprint density at radius 1 is 1.23 bits per heavy atom. The molecule has 1 amide bonds. The molecule has 5 heteroatoms. The molecule has 0 aliphatic heterocycles. The van der Waals surface area contributed by atoms with Crippen LogP contribution in [-0.2, 0) is 18.4 Å².